The van der Waals surface area contributed by atoms with Crippen LogP contribution in [0.1, 0.15) is 64.6 Å². The molecule has 0 spiro atoms. The van der Waals surface area contributed by atoms with Gasteiger partial charge in [0.1, 0.15) is 5.82 Å². The van der Waals surface area contributed by atoms with Crippen molar-refractivity contribution in [2.24, 2.45) is 5.92 Å². The van der Waals surface area contributed by atoms with E-state index in [1.54, 1.807) is 0 Å². The van der Waals surface area contributed by atoms with E-state index in [1.165, 1.54) is 0 Å². The van der Waals surface area contributed by atoms with Crippen molar-refractivity contribution in [3.05, 3.63) is 41.6 Å². The highest BCUT2D eigenvalue weighted by molar-refractivity contribution is 5.93. The molecule has 1 aromatic heterocycles. The van der Waals surface area contributed by atoms with Crippen LogP contribution in [0.5, 0.6) is 0 Å². The van der Waals surface area contributed by atoms with Crippen LogP contribution in [0.25, 0.3) is 5.69 Å². The van der Waals surface area contributed by atoms with Crippen LogP contribution in [0.2, 0.25) is 0 Å². The summed E-state index contributed by atoms with van der Waals surface area (Å²) in [6.07, 6.45) is 2.85. The van der Waals surface area contributed by atoms with E-state index in [1.807, 2.05) is 53.8 Å². The monoisotopic (exact) mass is 410 g/mol. The average molecular weight is 411 g/mol. The maximum absolute atomic E-state index is 13.1. The third-order valence-corrected chi connectivity index (χ3v) is 5.76. The number of para-hydroxylation sites is 1. The second-order valence-corrected chi connectivity index (χ2v) is 9.21. The summed E-state index contributed by atoms with van der Waals surface area (Å²) in [6.45, 7) is 11.7. The molecule has 2 amide bonds. The number of nitrogens with zero attached hydrogens (tertiary/aromatic N) is 3. The topological polar surface area (TPSA) is 67.2 Å². The highest BCUT2D eigenvalue weighted by Crippen LogP contribution is 2.32. The molecule has 2 heterocycles. The molecule has 1 aliphatic rings. The third kappa shape index (κ3) is 4.74. The Hall–Kier alpha value is -2.63. The van der Waals surface area contributed by atoms with Crippen LogP contribution in [0, 0.1) is 12.8 Å². The second kappa shape index (κ2) is 9.02. The zero-order chi connectivity index (χ0) is 21.9. The summed E-state index contributed by atoms with van der Waals surface area (Å²) < 4.78 is 1.84. The third-order valence-electron chi connectivity index (χ3n) is 5.76. The average Bonchev–Trinajstić information content (AvgIpc) is 3.05. The van der Waals surface area contributed by atoms with Gasteiger partial charge in [0, 0.05) is 36.4 Å². The molecule has 1 saturated heterocycles. The number of anilines is 1. The number of carbonyl (C=O) groups is 2. The molecule has 6 nitrogen and oxygen atoms in total. The van der Waals surface area contributed by atoms with Crippen LogP contribution >= 0.6 is 0 Å². The first kappa shape index (κ1) is 22.1. The minimum absolute atomic E-state index is 0.0123. The van der Waals surface area contributed by atoms with Gasteiger partial charge in [-0.15, -0.1) is 0 Å². The summed E-state index contributed by atoms with van der Waals surface area (Å²) in [5.41, 5.74) is 2.76. The standard InChI is InChI=1S/C24H34N4O2/c1-6-10-20(29)27-15-13-18(14-16-27)23(30)25-22-17(2)21(24(3,4)5)26-28(22)19-11-8-7-9-12-19/h7-9,11-12,18H,6,10,13-16H2,1-5H3,(H,25,30). The minimum atomic E-state index is -0.130. The Bertz CT molecular complexity index is 888. The minimum Gasteiger partial charge on any atom is -0.343 e. The second-order valence-electron chi connectivity index (χ2n) is 9.21. The van der Waals surface area contributed by atoms with Crippen molar-refractivity contribution in [1.29, 1.82) is 0 Å². The molecule has 0 aliphatic carbocycles. The highest BCUT2D eigenvalue weighted by Gasteiger charge is 2.30. The SMILES string of the molecule is CCCC(=O)N1CCC(C(=O)Nc2c(C)c(C(C)(C)C)nn2-c2ccccc2)CC1. The van der Waals surface area contributed by atoms with Crippen molar-refractivity contribution in [1.82, 2.24) is 14.7 Å². The Labute approximate surface area is 179 Å². The first-order chi connectivity index (χ1) is 14.2. The van der Waals surface area contributed by atoms with Gasteiger partial charge >= 0.3 is 0 Å². The van der Waals surface area contributed by atoms with Gasteiger partial charge in [-0.3, -0.25) is 9.59 Å². The molecule has 2 aromatic rings. The first-order valence-corrected chi connectivity index (χ1v) is 11.0. The smallest absolute Gasteiger partial charge is 0.228 e. The molecule has 1 aromatic carbocycles. The molecular weight excluding hydrogens is 376 g/mol. The van der Waals surface area contributed by atoms with Gasteiger partial charge < -0.3 is 10.2 Å². The molecule has 1 N–H and O–H groups in total. The van der Waals surface area contributed by atoms with Gasteiger partial charge in [-0.05, 0) is 38.3 Å². The van der Waals surface area contributed by atoms with Crippen LogP contribution in [-0.4, -0.2) is 39.6 Å². The van der Waals surface area contributed by atoms with Gasteiger partial charge in [0.05, 0.1) is 11.4 Å². The van der Waals surface area contributed by atoms with Crippen LogP contribution in [0.4, 0.5) is 5.82 Å². The van der Waals surface area contributed by atoms with Crippen molar-refractivity contribution in [2.45, 2.75) is 65.7 Å². The molecular formula is C24H34N4O2. The number of aromatic nitrogens is 2. The van der Waals surface area contributed by atoms with E-state index in [9.17, 15) is 9.59 Å². The van der Waals surface area contributed by atoms with E-state index in [4.69, 9.17) is 5.10 Å². The molecule has 162 valence electrons. The molecule has 3 rings (SSSR count). The fourth-order valence-electron chi connectivity index (χ4n) is 4.09. The summed E-state index contributed by atoms with van der Waals surface area (Å²) in [5, 5.41) is 8.02. The number of amides is 2. The molecule has 0 atom stereocenters. The lowest BCUT2D eigenvalue weighted by atomic mass is 9.89. The molecule has 30 heavy (non-hydrogen) atoms. The Balaban J connectivity index is 1.80. The van der Waals surface area contributed by atoms with Crippen LogP contribution < -0.4 is 5.32 Å². The maximum Gasteiger partial charge on any atom is 0.228 e. The summed E-state index contributed by atoms with van der Waals surface area (Å²) in [7, 11) is 0. The first-order valence-electron chi connectivity index (χ1n) is 11.0. The number of hydrogen-bond donors (Lipinski definition) is 1. The summed E-state index contributed by atoms with van der Waals surface area (Å²) in [4.78, 5) is 27.1. The van der Waals surface area contributed by atoms with Gasteiger partial charge in [0.15, 0.2) is 0 Å². The molecule has 1 aliphatic heterocycles. The predicted molar refractivity (Wildman–Crippen MR) is 120 cm³/mol. The highest BCUT2D eigenvalue weighted by atomic mass is 16.2. The number of hydrogen-bond acceptors (Lipinski definition) is 3. The van der Waals surface area contributed by atoms with Crippen molar-refractivity contribution in [3.63, 3.8) is 0 Å². The summed E-state index contributed by atoms with van der Waals surface area (Å²) in [6, 6.07) is 9.89. The van der Waals surface area contributed by atoms with E-state index >= 15 is 0 Å². The quantitative estimate of drug-likeness (QED) is 0.792. The van der Waals surface area contributed by atoms with Gasteiger partial charge in [-0.25, -0.2) is 4.68 Å². The summed E-state index contributed by atoms with van der Waals surface area (Å²) >= 11 is 0. The zero-order valence-corrected chi connectivity index (χ0v) is 18.9. The number of benzene rings is 1. The molecule has 1 fully saturated rings. The normalized spacial score (nSPS) is 15.3. The van der Waals surface area contributed by atoms with Gasteiger partial charge in [-0.2, -0.15) is 5.10 Å². The number of carbonyl (C=O) groups excluding carboxylic acids is 2. The van der Waals surface area contributed by atoms with E-state index in [0.29, 0.717) is 32.4 Å². The lowest BCUT2D eigenvalue weighted by molar-refractivity contribution is -0.134. The van der Waals surface area contributed by atoms with Crippen LogP contribution in [0.3, 0.4) is 0 Å². The van der Waals surface area contributed by atoms with E-state index in [2.05, 4.69) is 26.1 Å². The summed E-state index contributed by atoms with van der Waals surface area (Å²) in [5.74, 6) is 0.857. The van der Waals surface area contributed by atoms with E-state index < -0.39 is 0 Å². The van der Waals surface area contributed by atoms with Crippen molar-refractivity contribution >= 4 is 17.6 Å². The van der Waals surface area contributed by atoms with Crippen LogP contribution in [-0.2, 0) is 15.0 Å². The van der Waals surface area contributed by atoms with Crippen molar-refractivity contribution < 1.29 is 9.59 Å². The van der Waals surface area contributed by atoms with Crippen molar-refractivity contribution in [3.8, 4) is 5.69 Å². The van der Waals surface area contributed by atoms with Crippen molar-refractivity contribution in [2.75, 3.05) is 18.4 Å². The molecule has 6 heteroatoms. The Morgan fingerprint density at radius 2 is 1.77 bits per heavy atom. The zero-order valence-electron chi connectivity index (χ0n) is 18.9. The van der Waals surface area contributed by atoms with Gasteiger partial charge in [0.25, 0.3) is 0 Å². The predicted octanol–water partition coefficient (Wildman–Crippen LogP) is 4.46. The largest absolute Gasteiger partial charge is 0.343 e. The Kier molecular flexibility index (Phi) is 6.64. The number of piperidine rings is 1. The molecule has 0 unspecified atom stereocenters. The number of nitrogens with one attached hydrogen (secondary N) is 1. The lowest BCUT2D eigenvalue weighted by Crippen LogP contribution is -2.41. The Morgan fingerprint density at radius 1 is 1.13 bits per heavy atom. The fourth-order valence-corrected chi connectivity index (χ4v) is 4.09. The molecule has 0 bridgehead atoms. The van der Waals surface area contributed by atoms with Crippen LogP contribution in [0.15, 0.2) is 30.3 Å². The maximum atomic E-state index is 13.1. The molecule has 0 saturated carbocycles. The lowest BCUT2D eigenvalue weighted by Gasteiger charge is -2.31. The number of rotatable bonds is 5. The number of likely N-dealkylation sites (tertiary alicyclic amines) is 1. The fraction of sp³-hybridized carbons (Fsp3) is 0.542. The van der Waals surface area contributed by atoms with E-state index in [0.717, 1.165) is 29.2 Å². The molecule has 0 radical (unpaired) electrons. The van der Waals surface area contributed by atoms with Gasteiger partial charge in [0.2, 0.25) is 11.8 Å². The van der Waals surface area contributed by atoms with E-state index in [-0.39, 0.29) is 23.1 Å². The Morgan fingerprint density at radius 3 is 2.33 bits per heavy atom. The van der Waals surface area contributed by atoms with Gasteiger partial charge in [-0.1, -0.05) is 45.9 Å².